The van der Waals surface area contributed by atoms with Crippen molar-refractivity contribution in [2.75, 3.05) is 0 Å². The average molecular weight is 433 g/mol. The van der Waals surface area contributed by atoms with Crippen LogP contribution in [0, 0.1) is 47.8 Å². The Bertz CT molecular complexity index is 1120. The van der Waals surface area contributed by atoms with E-state index in [4.69, 9.17) is 0 Å². The molecule has 1 aromatic rings. The molecule has 168 valence electrons. The van der Waals surface area contributed by atoms with Gasteiger partial charge in [-0.2, -0.15) is 0 Å². The molecule has 4 aliphatic rings. The zero-order chi connectivity index (χ0) is 22.8. The number of hydrogen-bond donors (Lipinski definition) is 1. The molecule has 1 aromatic carbocycles. The molecule has 0 saturated heterocycles. The zero-order valence-electron chi connectivity index (χ0n) is 19.6. The Kier molecular flexibility index (Phi) is 5.02. The molecular formula is C29H33FO2. The Morgan fingerprint density at radius 1 is 1.22 bits per heavy atom. The number of allylic oxidation sites excluding steroid dienone is 4. The summed E-state index contributed by atoms with van der Waals surface area (Å²) in [5.74, 6) is 7.11. The molecule has 0 unspecified atom stereocenters. The highest BCUT2D eigenvalue weighted by atomic mass is 19.1. The van der Waals surface area contributed by atoms with Crippen LogP contribution in [0.3, 0.4) is 0 Å². The molecule has 2 nitrogen and oxygen atoms in total. The molecule has 0 heterocycles. The van der Waals surface area contributed by atoms with Crippen LogP contribution in [0.1, 0.15) is 76.3 Å². The number of benzene rings is 1. The zero-order valence-corrected chi connectivity index (χ0v) is 19.6. The lowest BCUT2D eigenvalue weighted by Crippen LogP contribution is -2.52. The fourth-order valence-corrected chi connectivity index (χ4v) is 7.58. The molecule has 1 N–H and O–H groups in total. The number of carbonyl (C=O) groups excluding carboxylic acids is 1. The molecule has 6 atom stereocenters. The number of carbonyl (C=O) groups is 1. The van der Waals surface area contributed by atoms with E-state index in [0.717, 1.165) is 37.7 Å². The highest BCUT2D eigenvalue weighted by molar-refractivity contribution is 5.93. The number of aryl methyl sites for hydroxylation is 1. The van der Waals surface area contributed by atoms with Gasteiger partial charge >= 0.3 is 0 Å². The van der Waals surface area contributed by atoms with Crippen LogP contribution in [0.4, 0.5) is 4.39 Å². The summed E-state index contributed by atoms with van der Waals surface area (Å²) in [5.41, 5.74) is 4.21. The third-order valence-corrected chi connectivity index (χ3v) is 9.23. The Labute approximate surface area is 191 Å². The van der Waals surface area contributed by atoms with Crippen molar-refractivity contribution in [1.82, 2.24) is 0 Å². The summed E-state index contributed by atoms with van der Waals surface area (Å²) in [5, 5.41) is 11.9. The van der Waals surface area contributed by atoms with Gasteiger partial charge in [0.05, 0.1) is 0 Å². The van der Waals surface area contributed by atoms with E-state index in [1.165, 1.54) is 16.7 Å². The maximum absolute atomic E-state index is 14.7. The summed E-state index contributed by atoms with van der Waals surface area (Å²) in [6, 6.07) is 5.63. The quantitative estimate of drug-likeness (QED) is 0.550. The van der Waals surface area contributed by atoms with Crippen LogP contribution in [0.25, 0.3) is 0 Å². The van der Waals surface area contributed by atoms with Crippen molar-refractivity contribution in [3.05, 3.63) is 57.9 Å². The molecule has 0 aliphatic heterocycles. The normalized spacial score (nSPS) is 38.3. The predicted molar refractivity (Wildman–Crippen MR) is 124 cm³/mol. The Hall–Kier alpha value is -2.18. The fraction of sp³-hybridized carbons (Fsp3) is 0.552. The summed E-state index contributed by atoms with van der Waals surface area (Å²) in [6.45, 7) is 7.96. The van der Waals surface area contributed by atoms with E-state index in [0.29, 0.717) is 23.8 Å². The van der Waals surface area contributed by atoms with Gasteiger partial charge in [-0.1, -0.05) is 37.5 Å². The first-order valence-corrected chi connectivity index (χ1v) is 12.1. The number of fused-ring (bicyclic) bond motifs is 4. The van der Waals surface area contributed by atoms with Crippen LogP contribution in [-0.2, 0) is 4.79 Å². The monoisotopic (exact) mass is 432 g/mol. The van der Waals surface area contributed by atoms with Crippen molar-refractivity contribution in [2.24, 2.45) is 23.2 Å². The van der Waals surface area contributed by atoms with Gasteiger partial charge in [0.2, 0.25) is 0 Å². The highest BCUT2D eigenvalue weighted by Gasteiger charge is 2.65. The van der Waals surface area contributed by atoms with E-state index in [9.17, 15) is 14.3 Å². The van der Waals surface area contributed by atoms with Gasteiger partial charge in [0.15, 0.2) is 5.78 Å². The van der Waals surface area contributed by atoms with Gasteiger partial charge in [-0.25, -0.2) is 4.39 Å². The number of rotatable bonds is 1. The highest BCUT2D eigenvalue weighted by Crippen LogP contribution is 2.67. The van der Waals surface area contributed by atoms with E-state index in [1.54, 1.807) is 19.9 Å². The van der Waals surface area contributed by atoms with Gasteiger partial charge in [-0.3, -0.25) is 4.79 Å². The van der Waals surface area contributed by atoms with E-state index in [1.807, 2.05) is 12.1 Å². The van der Waals surface area contributed by atoms with Crippen molar-refractivity contribution >= 4 is 5.78 Å². The second-order valence-corrected chi connectivity index (χ2v) is 10.8. The molecule has 5 rings (SSSR count). The van der Waals surface area contributed by atoms with Crippen LogP contribution in [0.2, 0.25) is 0 Å². The summed E-state index contributed by atoms with van der Waals surface area (Å²) in [4.78, 5) is 12.1. The largest absolute Gasteiger partial charge is 0.377 e. The summed E-state index contributed by atoms with van der Waals surface area (Å²) in [7, 11) is 0. The first-order valence-electron chi connectivity index (χ1n) is 12.1. The minimum atomic E-state index is -1.04. The minimum absolute atomic E-state index is 0.0405. The van der Waals surface area contributed by atoms with Crippen molar-refractivity contribution in [1.29, 1.82) is 0 Å². The van der Waals surface area contributed by atoms with E-state index < -0.39 is 5.60 Å². The van der Waals surface area contributed by atoms with E-state index >= 15 is 0 Å². The molecule has 0 amide bonds. The van der Waals surface area contributed by atoms with Crippen molar-refractivity contribution in [3.8, 4) is 11.8 Å². The van der Waals surface area contributed by atoms with Crippen LogP contribution in [-0.4, -0.2) is 16.5 Å². The lowest BCUT2D eigenvalue weighted by Gasteiger charge is -2.54. The Morgan fingerprint density at radius 3 is 2.72 bits per heavy atom. The standard InChI is InChI=1S/C29H33FO2/c1-5-12-29(32)18(3)13-25-23-10-8-19-14-21(31)9-11-22(19)27(23)24(16-28(25,29)4)20-7-6-17(2)26(30)15-20/h6-7,14-15,18,23-25,32H,8-11,13,16H2,1-4H3/t18-,23+,24-,25+,28+,29+/m1/s1. The molecule has 32 heavy (non-hydrogen) atoms. The van der Waals surface area contributed by atoms with E-state index in [-0.39, 0.29) is 28.9 Å². The van der Waals surface area contributed by atoms with Crippen LogP contribution in [0.15, 0.2) is 41.0 Å². The van der Waals surface area contributed by atoms with Gasteiger partial charge in [0.25, 0.3) is 0 Å². The molecule has 0 bridgehead atoms. The fourth-order valence-electron chi connectivity index (χ4n) is 7.58. The smallest absolute Gasteiger partial charge is 0.156 e. The minimum Gasteiger partial charge on any atom is -0.377 e. The molecule has 2 fully saturated rings. The molecule has 3 heteroatoms. The van der Waals surface area contributed by atoms with Gasteiger partial charge in [0, 0.05) is 17.8 Å². The van der Waals surface area contributed by atoms with Crippen molar-refractivity contribution in [2.45, 2.75) is 77.7 Å². The van der Waals surface area contributed by atoms with Crippen molar-refractivity contribution < 1.29 is 14.3 Å². The summed E-state index contributed by atoms with van der Waals surface area (Å²) < 4.78 is 14.7. The number of aliphatic hydroxyl groups is 1. The second kappa shape index (κ2) is 7.42. The maximum Gasteiger partial charge on any atom is 0.156 e. The molecular weight excluding hydrogens is 399 g/mol. The van der Waals surface area contributed by atoms with Gasteiger partial charge in [0.1, 0.15) is 11.4 Å². The van der Waals surface area contributed by atoms with Crippen LogP contribution >= 0.6 is 0 Å². The lowest BCUT2D eigenvalue weighted by atomic mass is 9.51. The van der Waals surface area contributed by atoms with Crippen molar-refractivity contribution in [3.63, 3.8) is 0 Å². The number of hydrogen-bond acceptors (Lipinski definition) is 2. The van der Waals surface area contributed by atoms with Gasteiger partial charge in [-0.15, -0.1) is 5.92 Å². The number of ketones is 1. The number of halogens is 1. The van der Waals surface area contributed by atoms with Crippen LogP contribution in [0.5, 0.6) is 0 Å². The third-order valence-electron chi connectivity index (χ3n) is 9.23. The predicted octanol–water partition coefficient (Wildman–Crippen LogP) is 6.03. The SMILES string of the molecule is CC#C[C@]1(O)[C@H](C)C[C@H]2[C@@H]3CCC4=CC(=O)CCC4=C3[C@@H](c3ccc(C)c(F)c3)C[C@@]21C. The third kappa shape index (κ3) is 2.92. The maximum atomic E-state index is 14.7. The first-order chi connectivity index (χ1) is 15.2. The lowest BCUT2D eigenvalue weighted by molar-refractivity contribution is -0.114. The molecule has 0 radical (unpaired) electrons. The van der Waals surface area contributed by atoms with Gasteiger partial charge < -0.3 is 5.11 Å². The molecule has 2 saturated carbocycles. The summed E-state index contributed by atoms with van der Waals surface area (Å²) in [6.07, 6.45) is 6.84. The first kappa shape index (κ1) is 21.7. The average Bonchev–Trinajstić information content (AvgIpc) is 2.95. The molecule has 0 spiro atoms. The topological polar surface area (TPSA) is 37.3 Å². The Balaban J connectivity index is 1.73. The molecule has 0 aromatic heterocycles. The second-order valence-electron chi connectivity index (χ2n) is 10.8. The summed E-state index contributed by atoms with van der Waals surface area (Å²) >= 11 is 0. The van der Waals surface area contributed by atoms with E-state index in [2.05, 4.69) is 31.8 Å². The Morgan fingerprint density at radius 2 is 2.00 bits per heavy atom. The van der Waals surface area contributed by atoms with Crippen LogP contribution < -0.4 is 0 Å². The van der Waals surface area contributed by atoms with Gasteiger partial charge in [-0.05, 0) is 98.1 Å². The molecule has 4 aliphatic carbocycles.